The number of benzene rings is 2. The monoisotopic (exact) mass is 283 g/mol. The van der Waals surface area contributed by atoms with Crippen LogP contribution >= 0.6 is 0 Å². The first-order valence-electron chi connectivity index (χ1n) is 6.94. The highest BCUT2D eigenvalue weighted by Crippen LogP contribution is 2.35. The molecule has 0 atom stereocenters. The summed E-state index contributed by atoms with van der Waals surface area (Å²) >= 11 is 0. The molecule has 0 aliphatic carbocycles. The number of aliphatic imine (C=N–C) groups is 1. The van der Waals surface area contributed by atoms with Gasteiger partial charge in [-0.05, 0) is 59.9 Å². The zero-order chi connectivity index (χ0) is 15.6. The molecule has 0 bridgehead atoms. The van der Waals surface area contributed by atoms with Gasteiger partial charge in [0.05, 0.1) is 5.69 Å². The molecule has 0 spiro atoms. The van der Waals surface area contributed by atoms with Crippen molar-refractivity contribution < 1.29 is 10.2 Å². The molecule has 0 heterocycles. The molecule has 2 aromatic rings. The topological polar surface area (TPSA) is 52.8 Å². The maximum absolute atomic E-state index is 10.1. The van der Waals surface area contributed by atoms with E-state index < -0.39 is 0 Å². The van der Waals surface area contributed by atoms with Crippen molar-refractivity contribution in [3.05, 3.63) is 53.1 Å². The Morgan fingerprint density at radius 2 is 1.62 bits per heavy atom. The SMILES string of the molecule is Cc1cc(O)c(C(C)(C)C)cc1N=Cc1ccc(O)cc1. The highest BCUT2D eigenvalue weighted by Gasteiger charge is 2.19. The Hall–Kier alpha value is -2.29. The minimum absolute atomic E-state index is 0.138. The lowest BCUT2D eigenvalue weighted by molar-refractivity contribution is 0.446. The van der Waals surface area contributed by atoms with Crippen molar-refractivity contribution in [2.24, 2.45) is 4.99 Å². The number of hydrogen-bond acceptors (Lipinski definition) is 3. The van der Waals surface area contributed by atoms with Gasteiger partial charge in [0.1, 0.15) is 11.5 Å². The third-order valence-corrected chi connectivity index (χ3v) is 3.37. The molecular weight excluding hydrogens is 262 g/mol. The molecule has 21 heavy (non-hydrogen) atoms. The van der Waals surface area contributed by atoms with Crippen LogP contribution in [-0.2, 0) is 5.41 Å². The molecule has 0 unspecified atom stereocenters. The number of rotatable bonds is 2. The quantitative estimate of drug-likeness (QED) is 0.800. The maximum Gasteiger partial charge on any atom is 0.119 e. The van der Waals surface area contributed by atoms with Crippen LogP contribution < -0.4 is 0 Å². The second kappa shape index (κ2) is 5.60. The van der Waals surface area contributed by atoms with Gasteiger partial charge in [-0.25, -0.2) is 0 Å². The Morgan fingerprint density at radius 1 is 1.00 bits per heavy atom. The number of phenolic OH excluding ortho intramolecular Hbond substituents is 2. The summed E-state index contributed by atoms with van der Waals surface area (Å²) in [6.07, 6.45) is 1.76. The molecular formula is C18H21NO2. The molecule has 0 aliphatic rings. The van der Waals surface area contributed by atoms with Gasteiger partial charge in [0.15, 0.2) is 0 Å². The Bertz CT molecular complexity index is 665. The summed E-state index contributed by atoms with van der Waals surface area (Å²) in [6, 6.07) is 10.6. The number of aryl methyl sites for hydroxylation is 1. The van der Waals surface area contributed by atoms with Gasteiger partial charge >= 0.3 is 0 Å². The molecule has 2 aromatic carbocycles. The van der Waals surface area contributed by atoms with Crippen molar-refractivity contribution in [2.75, 3.05) is 0 Å². The summed E-state index contributed by atoms with van der Waals surface area (Å²) in [4.78, 5) is 4.50. The average molecular weight is 283 g/mol. The summed E-state index contributed by atoms with van der Waals surface area (Å²) in [7, 11) is 0. The predicted molar refractivity (Wildman–Crippen MR) is 86.9 cm³/mol. The molecule has 0 radical (unpaired) electrons. The van der Waals surface area contributed by atoms with Gasteiger partial charge < -0.3 is 10.2 Å². The largest absolute Gasteiger partial charge is 0.508 e. The lowest BCUT2D eigenvalue weighted by atomic mass is 9.85. The lowest BCUT2D eigenvalue weighted by Gasteiger charge is -2.21. The van der Waals surface area contributed by atoms with Gasteiger partial charge in [-0.2, -0.15) is 0 Å². The third-order valence-electron chi connectivity index (χ3n) is 3.37. The molecule has 0 saturated carbocycles. The molecule has 0 saturated heterocycles. The molecule has 110 valence electrons. The van der Waals surface area contributed by atoms with Crippen LogP contribution in [0, 0.1) is 6.92 Å². The Morgan fingerprint density at radius 3 is 2.19 bits per heavy atom. The van der Waals surface area contributed by atoms with E-state index in [0.29, 0.717) is 5.75 Å². The Balaban J connectivity index is 2.38. The highest BCUT2D eigenvalue weighted by molar-refractivity contribution is 5.82. The van der Waals surface area contributed by atoms with E-state index in [-0.39, 0.29) is 11.2 Å². The third kappa shape index (κ3) is 3.63. The number of nitrogens with zero attached hydrogens (tertiary/aromatic N) is 1. The summed E-state index contributed by atoms with van der Waals surface area (Å²) in [5, 5.41) is 19.4. The summed E-state index contributed by atoms with van der Waals surface area (Å²) < 4.78 is 0. The zero-order valence-electron chi connectivity index (χ0n) is 12.9. The van der Waals surface area contributed by atoms with Crippen LogP contribution in [0.4, 0.5) is 5.69 Å². The standard InChI is InChI=1S/C18H21NO2/c1-12-9-17(21)15(18(2,3)4)10-16(12)19-11-13-5-7-14(20)8-6-13/h5-11,20-21H,1-4H3. The maximum atomic E-state index is 10.1. The number of aromatic hydroxyl groups is 2. The second-order valence-corrected chi connectivity index (χ2v) is 6.26. The zero-order valence-corrected chi connectivity index (χ0v) is 12.9. The minimum atomic E-state index is -0.138. The molecule has 0 fully saturated rings. The minimum Gasteiger partial charge on any atom is -0.508 e. The van der Waals surface area contributed by atoms with Crippen molar-refractivity contribution >= 4 is 11.9 Å². The van der Waals surface area contributed by atoms with Crippen molar-refractivity contribution in [1.29, 1.82) is 0 Å². The van der Waals surface area contributed by atoms with E-state index in [4.69, 9.17) is 0 Å². The van der Waals surface area contributed by atoms with Gasteiger partial charge in [-0.1, -0.05) is 20.8 Å². The van der Waals surface area contributed by atoms with Crippen molar-refractivity contribution in [2.45, 2.75) is 33.1 Å². The summed E-state index contributed by atoms with van der Waals surface area (Å²) in [5.74, 6) is 0.548. The van der Waals surface area contributed by atoms with E-state index in [1.54, 1.807) is 36.5 Å². The smallest absolute Gasteiger partial charge is 0.119 e. The molecule has 2 rings (SSSR count). The van der Waals surface area contributed by atoms with E-state index in [9.17, 15) is 10.2 Å². The molecule has 0 amide bonds. The van der Waals surface area contributed by atoms with Gasteiger partial charge in [0.2, 0.25) is 0 Å². The van der Waals surface area contributed by atoms with E-state index >= 15 is 0 Å². The van der Waals surface area contributed by atoms with Crippen LogP contribution in [0.25, 0.3) is 0 Å². The first-order valence-corrected chi connectivity index (χ1v) is 6.94. The first-order chi connectivity index (χ1) is 9.77. The summed E-state index contributed by atoms with van der Waals surface area (Å²) in [5.41, 5.74) is 3.42. The molecule has 0 aromatic heterocycles. The van der Waals surface area contributed by atoms with Crippen molar-refractivity contribution in [3.8, 4) is 11.5 Å². The van der Waals surface area contributed by atoms with Crippen LogP contribution in [0.3, 0.4) is 0 Å². The predicted octanol–water partition coefficient (Wildman–Crippen LogP) is 4.45. The first kappa shape index (κ1) is 15.1. The van der Waals surface area contributed by atoms with Crippen LogP contribution in [0.5, 0.6) is 11.5 Å². The summed E-state index contributed by atoms with van der Waals surface area (Å²) in [6.45, 7) is 8.11. The van der Waals surface area contributed by atoms with Crippen molar-refractivity contribution in [3.63, 3.8) is 0 Å². The van der Waals surface area contributed by atoms with Crippen LogP contribution in [0.1, 0.15) is 37.5 Å². The van der Waals surface area contributed by atoms with E-state index in [1.165, 1.54) is 0 Å². The average Bonchev–Trinajstić information content (AvgIpc) is 2.38. The fourth-order valence-electron chi connectivity index (χ4n) is 2.13. The number of phenols is 2. The Kier molecular flexibility index (Phi) is 4.03. The van der Waals surface area contributed by atoms with Crippen LogP contribution in [-0.4, -0.2) is 16.4 Å². The van der Waals surface area contributed by atoms with Crippen LogP contribution in [0.2, 0.25) is 0 Å². The molecule has 2 N–H and O–H groups in total. The van der Waals surface area contributed by atoms with Gasteiger partial charge in [0, 0.05) is 11.8 Å². The van der Waals surface area contributed by atoms with Crippen LogP contribution in [0.15, 0.2) is 41.4 Å². The molecule has 0 aliphatic heterocycles. The van der Waals surface area contributed by atoms with E-state index in [0.717, 1.165) is 22.4 Å². The van der Waals surface area contributed by atoms with Crippen molar-refractivity contribution in [1.82, 2.24) is 0 Å². The normalized spacial score (nSPS) is 12.0. The molecule has 3 nitrogen and oxygen atoms in total. The second-order valence-electron chi connectivity index (χ2n) is 6.26. The van der Waals surface area contributed by atoms with Gasteiger partial charge in [-0.15, -0.1) is 0 Å². The highest BCUT2D eigenvalue weighted by atomic mass is 16.3. The Labute approximate surface area is 125 Å². The fraction of sp³-hybridized carbons (Fsp3) is 0.278. The van der Waals surface area contributed by atoms with Gasteiger partial charge in [-0.3, -0.25) is 4.99 Å². The molecule has 3 heteroatoms. The number of hydrogen-bond donors (Lipinski definition) is 2. The van der Waals surface area contributed by atoms with E-state index in [1.807, 2.05) is 13.0 Å². The lowest BCUT2D eigenvalue weighted by Crippen LogP contribution is -2.11. The van der Waals surface area contributed by atoms with E-state index in [2.05, 4.69) is 25.8 Å². The fourth-order valence-corrected chi connectivity index (χ4v) is 2.13. The van der Waals surface area contributed by atoms with Gasteiger partial charge in [0.25, 0.3) is 0 Å².